The van der Waals surface area contributed by atoms with Crippen molar-refractivity contribution in [2.75, 3.05) is 50.1 Å². The number of nitrogens with zero attached hydrogens (tertiary/aromatic N) is 5. The molecule has 18 heteroatoms. The number of likely N-dealkylation sites (tertiary alicyclic amines) is 1. The molecular weight excluding hydrogens is 916 g/mol. The lowest BCUT2D eigenvalue weighted by atomic mass is 9.62. The number of fused-ring (bicyclic) bond motifs is 4. The van der Waals surface area contributed by atoms with Gasteiger partial charge in [0.1, 0.15) is 29.6 Å². The number of nitrogens with one attached hydrogen (secondary N) is 3. The van der Waals surface area contributed by atoms with E-state index in [2.05, 4.69) is 79.9 Å². The number of carbonyl (C=O) groups is 1. The van der Waals surface area contributed by atoms with Gasteiger partial charge in [0, 0.05) is 80.3 Å². The maximum Gasteiger partial charge on any atom is 0.297 e. The van der Waals surface area contributed by atoms with Crippen LogP contribution in [-0.4, -0.2) is 114 Å². The number of H-pyrrole nitrogens is 1. The first kappa shape index (κ1) is 46.6. The van der Waals surface area contributed by atoms with Crippen LogP contribution in [-0.2, 0) is 10.0 Å². The first-order valence-electron chi connectivity index (χ1n) is 24.7. The minimum absolute atomic E-state index is 0.0187. The third-order valence-electron chi connectivity index (χ3n) is 16.8. The first-order chi connectivity index (χ1) is 33.4. The number of pyridine rings is 1. The van der Waals surface area contributed by atoms with E-state index in [4.69, 9.17) is 9.47 Å². The summed E-state index contributed by atoms with van der Waals surface area (Å²) < 4.78 is 57.1. The van der Waals surface area contributed by atoms with E-state index in [1.54, 1.807) is 19.1 Å². The lowest BCUT2D eigenvalue weighted by Crippen LogP contribution is -2.71. The minimum Gasteiger partial charge on any atom is -0.489 e. The van der Waals surface area contributed by atoms with Crippen molar-refractivity contribution in [1.82, 2.24) is 24.5 Å². The molecule has 1 spiro atoms. The van der Waals surface area contributed by atoms with Crippen molar-refractivity contribution in [3.05, 3.63) is 106 Å². The van der Waals surface area contributed by atoms with Crippen LogP contribution in [0.15, 0.2) is 78.0 Å². The van der Waals surface area contributed by atoms with Gasteiger partial charge in [-0.3, -0.25) is 24.7 Å². The maximum atomic E-state index is 14.7. The topological polar surface area (TPSA) is 195 Å². The molecule has 12 rings (SSSR count). The molecule has 4 saturated heterocycles. The number of amides is 1. The molecule has 5 aliphatic heterocycles. The number of carbonyl (C=O) groups excluding carboxylic acids is 1. The van der Waals surface area contributed by atoms with E-state index in [0.29, 0.717) is 61.3 Å². The molecule has 4 N–H and O–H groups in total. The van der Waals surface area contributed by atoms with Gasteiger partial charge in [-0.1, -0.05) is 38.1 Å². The highest BCUT2D eigenvalue weighted by atomic mass is 32.2. The van der Waals surface area contributed by atoms with Crippen LogP contribution in [0.2, 0.25) is 0 Å². The highest BCUT2D eigenvalue weighted by Gasteiger charge is 2.56. The number of halogens is 1. The predicted octanol–water partition coefficient (Wildman–Crippen LogP) is 8.29. The number of nitro groups is 1. The standard InChI is InChI=1S/C52H61FN8O8S/c1-30(2)36-7-5-6-8-37(36)47-42-19-33(58(42)4)20-43(47)60-28-52(29-60)15-17-59(18-16-52)32-9-10-38(45(21-32)69-34-22-39-40(53)26-55-49(39)54-25-34)50(62)57-70(66,67)35-23-44(61(64)65)48-46(24-35)68-27-41(56-48)31-11-13-51(3,63)14-12-31/h5-10,21-26,30-31,33,41-43,47,56,63H,11-20,27-29H2,1-4H3,(H,54,55)(H,57,62)/t31-,33?,41-,42?,43+,47-,51-/m1/s1. The van der Waals surface area contributed by atoms with Gasteiger partial charge in [0.05, 0.1) is 38.6 Å². The van der Waals surface area contributed by atoms with Gasteiger partial charge in [-0.25, -0.2) is 22.5 Å². The Kier molecular flexibility index (Phi) is 11.6. The Morgan fingerprint density at radius 1 is 1.04 bits per heavy atom. The van der Waals surface area contributed by atoms with Crippen LogP contribution in [0.1, 0.15) is 105 Å². The highest BCUT2D eigenvalue weighted by molar-refractivity contribution is 7.90. The quantitative estimate of drug-likeness (QED) is 0.0730. The zero-order chi connectivity index (χ0) is 48.9. The molecule has 2 unspecified atom stereocenters. The molecule has 2 aliphatic carbocycles. The lowest BCUT2D eigenvalue weighted by Gasteiger charge is -2.65. The van der Waals surface area contributed by atoms with Gasteiger partial charge in [-0.2, -0.15) is 0 Å². The Bertz CT molecular complexity index is 2970. The van der Waals surface area contributed by atoms with Gasteiger partial charge in [-0.15, -0.1) is 0 Å². The summed E-state index contributed by atoms with van der Waals surface area (Å²) in [5.74, 6) is -0.438. The molecule has 70 heavy (non-hydrogen) atoms. The molecule has 5 atom stereocenters. The van der Waals surface area contributed by atoms with Crippen LogP contribution < -0.4 is 24.4 Å². The van der Waals surface area contributed by atoms with Gasteiger partial charge >= 0.3 is 0 Å². The highest BCUT2D eigenvalue weighted by Crippen LogP contribution is 2.53. The van der Waals surface area contributed by atoms with E-state index in [1.807, 2.05) is 0 Å². The molecule has 6 fully saturated rings. The van der Waals surface area contributed by atoms with Crippen LogP contribution in [0.3, 0.4) is 0 Å². The maximum absolute atomic E-state index is 14.7. The van der Waals surface area contributed by atoms with E-state index in [1.165, 1.54) is 54.6 Å². The molecule has 2 aromatic heterocycles. The Balaban J connectivity index is 0.814. The normalized spacial score (nSPS) is 27.5. The molecule has 0 radical (unpaired) electrons. The van der Waals surface area contributed by atoms with Gasteiger partial charge in [-0.05, 0) is 112 Å². The summed E-state index contributed by atoms with van der Waals surface area (Å²) in [6.07, 6.45) is 9.55. The molecule has 7 aliphatic rings. The average Bonchev–Trinajstić information content (AvgIpc) is 3.71. The third kappa shape index (κ3) is 8.43. The number of rotatable bonds is 11. The average molecular weight is 977 g/mol. The number of piperidine rings is 2. The van der Waals surface area contributed by atoms with Gasteiger partial charge < -0.3 is 29.8 Å². The van der Waals surface area contributed by atoms with Crippen molar-refractivity contribution >= 4 is 44.0 Å². The van der Waals surface area contributed by atoms with E-state index in [0.717, 1.165) is 50.8 Å². The second kappa shape index (κ2) is 17.5. The summed E-state index contributed by atoms with van der Waals surface area (Å²) in [6, 6.07) is 19.0. The summed E-state index contributed by atoms with van der Waals surface area (Å²) in [7, 11) is -2.43. The summed E-state index contributed by atoms with van der Waals surface area (Å²) >= 11 is 0. The van der Waals surface area contributed by atoms with Crippen molar-refractivity contribution in [3.63, 3.8) is 0 Å². The van der Waals surface area contributed by atoms with Crippen LogP contribution in [0, 0.1) is 27.3 Å². The molecule has 2 saturated carbocycles. The summed E-state index contributed by atoms with van der Waals surface area (Å²) in [5, 5.41) is 26.3. The van der Waals surface area contributed by atoms with Crippen molar-refractivity contribution in [2.24, 2.45) is 11.3 Å². The van der Waals surface area contributed by atoms with Gasteiger partial charge in [0.15, 0.2) is 11.4 Å². The Labute approximate surface area is 407 Å². The van der Waals surface area contributed by atoms with Crippen molar-refractivity contribution < 1.29 is 37.1 Å². The van der Waals surface area contributed by atoms with Crippen molar-refractivity contribution in [2.45, 2.75) is 119 Å². The molecule has 7 heterocycles. The van der Waals surface area contributed by atoms with Crippen LogP contribution >= 0.6 is 0 Å². The van der Waals surface area contributed by atoms with Gasteiger partial charge in [0.2, 0.25) is 0 Å². The fraction of sp³-hybridized carbons (Fsp3) is 0.500. The Morgan fingerprint density at radius 2 is 1.79 bits per heavy atom. The Morgan fingerprint density at radius 3 is 2.51 bits per heavy atom. The smallest absolute Gasteiger partial charge is 0.297 e. The number of aliphatic hydroxyl groups is 1. The molecule has 370 valence electrons. The van der Waals surface area contributed by atoms with Crippen LogP contribution in [0.25, 0.3) is 11.0 Å². The fourth-order valence-corrected chi connectivity index (χ4v) is 13.6. The number of hydrogen-bond acceptors (Lipinski definition) is 13. The molecule has 16 nitrogen and oxygen atoms in total. The number of sulfonamides is 1. The zero-order valence-corrected chi connectivity index (χ0v) is 40.8. The molecule has 3 aromatic carbocycles. The molecule has 1 amide bonds. The Hall–Kier alpha value is -5.82. The van der Waals surface area contributed by atoms with Crippen molar-refractivity contribution in [1.29, 1.82) is 0 Å². The largest absolute Gasteiger partial charge is 0.489 e. The molecule has 2 bridgehead atoms. The monoisotopic (exact) mass is 976 g/mol. The fourth-order valence-electron chi connectivity index (χ4n) is 12.6. The van der Waals surface area contributed by atoms with E-state index >= 15 is 0 Å². The number of hydrogen-bond donors (Lipinski definition) is 4. The zero-order valence-electron chi connectivity index (χ0n) is 40.0. The third-order valence-corrected chi connectivity index (χ3v) is 18.1. The number of aromatic nitrogens is 2. The number of benzene rings is 3. The molecule has 5 aromatic rings. The lowest BCUT2D eigenvalue weighted by molar-refractivity contribution is -0.384. The number of nitro benzene ring substituents is 1. The first-order valence-corrected chi connectivity index (χ1v) is 26.2. The van der Waals surface area contributed by atoms with Crippen molar-refractivity contribution in [3.8, 4) is 17.2 Å². The summed E-state index contributed by atoms with van der Waals surface area (Å²) in [6.45, 7) is 10.2. The summed E-state index contributed by atoms with van der Waals surface area (Å²) in [4.78, 5) is 40.0. The summed E-state index contributed by atoms with van der Waals surface area (Å²) in [5.41, 5.74) is 2.89. The second-order valence-corrected chi connectivity index (χ2v) is 23.2. The minimum atomic E-state index is -4.72. The van der Waals surface area contributed by atoms with Crippen LogP contribution in [0.5, 0.6) is 17.2 Å². The molecular formula is C52H61FN8O8S. The van der Waals surface area contributed by atoms with Gasteiger partial charge in [0.25, 0.3) is 21.6 Å². The number of anilines is 2. The van der Waals surface area contributed by atoms with E-state index in [-0.39, 0.29) is 57.9 Å². The van der Waals surface area contributed by atoms with E-state index in [9.17, 15) is 32.8 Å². The second-order valence-electron chi connectivity index (χ2n) is 21.5. The van der Waals surface area contributed by atoms with E-state index < -0.39 is 42.9 Å². The predicted molar refractivity (Wildman–Crippen MR) is 263 cm³/mol. The number of aromatic amines is 1. The SMILES string of the molecule is CC(C)c1ccccc1[C@@H]1C2CC(C[C@@H]1N1CC3(CCN(c4ccc(C(=O)NS(=O)(=O)c5cc6c(c([N+](=O)[O-])c5)N[C@@H]([C@H]5CC[C@](C)(O)CC5)CO6)c(Oc5cnc6[nH]cc(F)c6c5)c4)CC3)C1)N2C. The number of likely N-dealkylation sites (N-methyl/N-ethyl adjacent to an activating group) is 1. The van der Waals surface area contributed by atoms with Crippen LogP contribution in [0.4, 0.5) is 21.5 Å². The number of ether oxygens (including phenoxy) is 2.